The fraction of sp³-hybridized carbons (Fsp3) is 1.00. The summed E-state index contributed by atoms with van der Waals surface area (Å²) in [6.07, 6.45) is 17.1. The molecule has 120 valence electrons. The lowest BCUT2D eigenvalue weighted by atomic mass is 9.89. The molecule has 0 bridgehead atoms. The van der Waals surface area contributed by atoms with Crippen LogP contribution >= 0.6 is 0 Å². The van der Waals surface area contributed by atoms with Crippen molar-refractivity contribution in [3.8, 4) is 0 Å². The minimum absolute atomic E-state index is 0.531. The second-order valence-electron chi connectivity index (χ2n) is 8.10. The van der Waals surface area contributed by atoms with Crippen molar-refractivity contribution >= 4 is 0 Å². The average Bonchev–Trinajstić information content (AvgIpc) is 3.11. The minimum Gasteiger partial charge on any atom is -0.308 e. The van der Waals surface area contributed by atoms with Gasteiger partial charge in [0.05, 0.1) is 0 Å². The molecule has 1 aliphatic rings. The lowest BCUT2D eigenvalue weighted by Gasteiger charge is -2.17. The van der Waals surface area contributed by atoms with Crippen LogP contribution in [0.1, 0.15) is 105 Å². The molecule has 20 heavy (non-hydrogen) atoms. The molecular weight excluding hydrogens is 242 g/mol. The number of nitrogens with one attached hydrogen (secondary N) is 1. The number of rotatable bonds is 12. The Bertz CT molecular complexity index is 228. The molecule has 1 N–H and O–H groups in total. The van der Waals surface area contributed by atoms with Crippen molar-refractivity contribution in [3.63, 3.8) is 0 Å². The van der Waals surface area contributed by atoms with Crippen molar-refractivity contribution in [1.29, 1.82) is 0 Å². The van der Waals surface area contributed by atoms with Gasteiger partial charge in [-0.25, -0.2) is 0 Å². The van der Waals surface area contributed by atoms with E-state index in [1.54, 1.807) is 0 Å². The molecule has 1 rings (SSSR count). The van der Waals surface area contributed by atoms with Gasteiger partial charge in [-0.2, -0.15) is 0 Å². The van der Waals surface area contributed by atoms with E-state index >= 15 is 0 Å². The van der Waals surface area contributed by atoms with E-state index in [1.165, 1.54) is 77.0 Å². The molecule has 0 aromatic rings. The molecule has 1 nitrogen and oxygen atoms in total. The smallest absolute Gasteiger partial charge is 0.0224 e. The highest BCUT2D eigenvalue weighted by molar-refractivity contribution is 4.97. The van der Waals surface area contributed by atoms with Crippen LogP contribution in [0.15, 0.2) is 0 Å². The van der Waals surface area contributed by atoms with E-state index in [9.17, 15) is 0 Å². The van der Waals surface area contributed by atoms with Gasteiger partial charge in [-0.1, -0.05) is 85.5 Å². The van der Waals surface area contributed by atoms with Gasteiger partial charge in [0.1, 0.15) is 0 Å². The maximum atomic E-state index is 3.67. The first-order valence-corrected chi connectivity index (χ1v) is 9.29. The number of unbranched alkanes of at least 4 members (excludes halogenated alkanes) is 7. The van der Waals surface area contributed by atoms with Gasteiger partial charge in [-0.15, -0.1) is 0 Å². The van der Waals surface area contributed by atoms with Crippen molar-refractivity contribution in [3.05, 3.63) is 0 Å². The Morgan fingerprint density at radius 3 is 1.75 bits per heavy atom. The van der Waals surface area contributed by atoms with Crippen LogP contribution in [0.4, 0.5) is 0 Å². The summed E-state index contributed by atoms with van der Waals surface area (Å²) in [5.74, 6) is 0. The van der Waals surface area contributed by atoms with E-state index < -0.39 is 0 Å². The predicted octanol–water partition coefficient (Wildman–Crippen LogP) is 6.07. The predicted molar refractivity (Wildman–Crippen MR) is 91.2 cm³/mol. The van der Waals surface area contributed by atoms with Crippen molar-refractivity contribution in [1.82, 2.24) is 5.32 Å². The van der Waals surface area contributed by atoms with Gasteiger partial charge >= 0.3 is 0 Å². The van der Waals surface area contributed by atoms with Crippen LogP contribution in [-0.2, 0) is 0 Å². The highest BCUT2D eigenvalue weighted by atomic mass is 15.1. The summed E-state index contributed by atoms with van der Waals surface area (Å²) in [6.45, 7) is 9.35. The zero-order valence-electron chi connectivity index (χ0n) is 14.6. The van der Waals surface area contributed by atoms with Crippen molar-refractivity contribution in [2.24, 2.45) is 5.41 Å². The van der Waals surface area contributed by atoms with Crippen molar-refractivity contribution < 1.29 is 0 Å². The van der Waals surface area contributed by atoms with Crippen LogP contribution in [0.2, 0.25) is 0 Å². The van der Waals surface area contributed by atoms with E-state index in [-0.39, 0.29) is 0 Å². The molecule has 0 amide bonds. The Hall–Kier alpha value is -0.0400. The highest BCUT2D eigenvalue weighted by Crippen LogP contribution is 2.25. The average molecular weight is 282 g/mol. The Labute approximate surface area is 128 Å². The SMILES string of the molecule is CCCCCCC1NC1CCCCCCCC(C)(C)C. The zero-order chi connectivity index (χ0) is 14.8. The molecule has 0 spiro atoms. The topological polar surface area (TPSA) is 21.9 Å². The van der Waals surface area contributed by atoms with Crippen LogP contribution in [0.3, 0.4) is 0 Å². The Kier molecular flexibility index (Phi) is 8.84. The van der Waals surface area contributed by atoms with E-state index in [0.717, 1.165) is 12.1 Å². The first-order valence-electron chi connectivity index (χ1n) is 9.29. The van der Waals surface area contributed by atoms with Gasteiger partial charge in [-0.05, 0) is 24.7 Å². The molecule has 1 heteroatoms. The molecule has 0 saturated carbocycles. The molecule has 0 aromatic heterocycles. The van der Waals surface area contributed by atoms with E-state index in [1.807, 2.05) is 0 Å². The van der Waals surface area contributed by atoms with Gasteiger partial charge < -0.3 is 5.32 Å². The Morgan fingerprint density at radius 1 is 0.700 bits per heavy atom. The quantitative estimate of drug-likeness (QED) is 0.340. The summed E-state index contributed by atoms with van der Waals surface area (Å²) in [5.41, 5.74) is 0.531. The maximum absolute atomic E-state index is 3.67. The highest BCUT2D eigenvalue weighted by Gasteiger charge is 2.33. The molecule has 0 aliphatic carbocycles. The summed E-state index contributed by atoms with van der Waals surface area (Å²) >= 11 is 0. The molecule has 1 saturated heterocycles. The maximum Gasteiger partial charge on any atom is 0.0224 e. The second-order valence-corrected chi connectivity index (χ2v) is 8.10. The van der Waals surface area contributed by atoms with E-state index in [0.29, 0.717) is 5.41 Å². The molecule has 1 aliphatic heterocycles. The fourth-order valence-corrected chi connectivity index (χ4v) is 3.13. The summed E-state index contributed by atoms with van der Waals surface area (Å²) in [6, 6.07) is 1.76. The van der Waals surface area contributed by atoms with Crippen molar-refractivity contribution in [2.45, 2.75) is 117 Å². The third-order valence-electron chi connectivity index (χ3n) is 4.62. The largest absolute Gasteiger partial charge is 0.308 e. The minimum atomic E-state index is 0.531. The van der Waals surface area contributed by atoms with Crippen LogP contribution in [0.25, 0.3) is 0 Å². The van der Waals surface area contributed by atoms with Gasteiger partial charge in [0.25, 0.3) is 0 Å². The fourth-order valence-electron chi connectivity index (χ4n) is 3.13. The van der Waals surface area contributed by atoms with E-state index in [2.05, 4.69) is 33.0 Å². The summed E-state index contributed by atoms with van der Waals surface area (Å²) in [5, 5.41) is 3.67. The van der Waals surface area contributed by atoms with Crippen LogP contribution < -0.4 is 5.32 Å². The Balaban J connectivity index is 1.80. The summed E-state index contributed by atoms with van der Waals surface area (Å²) in [4.78, 5) is 0. The first kappa shape index (κ1) is 18.0. The zero-order valence-corrected chi connectivity index (χ0v) is 14.6. The van der Waals surface area contributed by atoms with Crippen LogP contribution in [0.5, 0.6) is 0 Å². The van der Waals surface area contributed by atoms with E-state index in [4.69, 9.17) is 0 Å². The second kappa shape index (κ2) is 9.82. The summed E-state index contributed by atoms with van der Waals surface area (Å²) in [7, 11) is 0. The van der Waals surface area contributed by atoms with Crippen LogP contribution in [-0.4, -0.2) is 12.1 Å². The molecule has 0 aromatic carbocycles. The number of hydrogen-bond donors (Lipinski definition) is 1. The third kappa shape index (κ3) is 9.80. The molecule has 1 fully saturated rings. The van der Waals surface area contributed by atoms with Gasteiger partial charge in [0.2, 0.25) is 0 Å². The number of hydrogen-bond acceptors (Lipinski definition) is 1. The molecule has 2 unspecified atom stereocenters. The third-order valence-corrected chi connectivity index (χ3v) is 4.62. The van der Waals surface area contributed by atoms with Gasteiger partial charge in [-0.3, -0.25) is 0 Å². The molecule has 2 atom stereocenters. The first-order chi connectivity index (χ1) is 9.53. The lowest BCUT2D eigenvalue weighted by Crippen LogP contribution is -2.03. The van der Waals surface area contributed by atoms with Crippen LogP contribution in [0, 0.1) is 5.41 Å². The summed E-state index contributed by atoms with van der Waals surface area (Å²) < 4.78 is 0. The van der Waals surface area contributed by atoms with Gasteiger partial charge in [0.15, 0.2) is 0 Å². The lowest BCUT2D eigenvalue weighted by molar-refractivity contribution is 0.356. The molecular formula is C19H39N. The Morgan fingerprint density at radius 2 is 1.20 bits per heavy atom. The molecule has 1 heterocycles. The molecule has 0 radical (unpaired) electrons. The van der Waals surface area contributed by atoms with Gasteiger partial charge in [0, 0.05) is 12.1 Å². The normalized spacial score (nSPS) is 22.2. The monoisotopic (exact) mass is 281 g/mol. The van der Waals surface area contributed by atoms with Crippen molar-refractivity contribution in [2.75, 3.05) is 0 Å². The standard InChI is InChI=1S/C19H39N/c1-5-6-7-11-14-17-18(20-17)15-12-9-8-10-13-16-19(2,3)4/h17-18,20H,5-16H2,1-4H3.